The molecule has 0 aromatic heterocycles. The highest BCUT2D eigenvalue weighted by Crippen LogP contribution is 2.32. The maximum Gasteiger partial charge on any atom is 0.411 e. The monoisotopic (exact) mass is 423 g/mol. The van der Waals surface area contributed by atoms with Gasteiger partial charge in [-0.2, -0.15) is 0 Å². The number of hydrogen-bond acceptors (Lipinski definition) is 5. The summed E-state index contributed by atoms with van der Waals surface area (Å²) in [6.45, 7) is 3.50. The van der Waals surface area contributed by atoms with Crippen molar-refractivity contribution in [1.29, 1.82) is 0 Å². The molecule has 1 fully saturated rings. The molecule has 0 aliphatic carbocycles. The van der Waals surface area contributed by atoms with Gasteiger partial charge in [-0.1, -0.05) is 54.6 Å². The van der Waals surface area contributed by atoms with Crippen LogP contribution in [0.25, 0.3) is 0 Å². The predicted molar refractivity (Wildman–Crippen MR) is 117 cm³/mol. The van der Waals surface area contributed by atoms with Gasteiger partial charge in [0.15, 0.2) is 0 Å². The van der Waals surface area contributed by atoms with Crippen LogP contribution >= 0.6 is 0 Å². The van der Waals surface area contributed by atoms with Crippen molar-refractivity contribution < 1.29 is 23.7 Å². The lowest BCUT2D eigenvalue weighted by Crippen LogP contribution is -2.40. The molecular weight excluding hydrogens is 394 g/mol. The Kier molecular flexibility index (Phi) is 6.89. The lowest BCUT2D eigenvalue weighted by atomic mass is 10.1. The zero-order valence-corrected chi connectivity index (χ0v) is 18.0. The van der Waals surface area contributed by atoms with Gasteiger partial charge in [0.05, 0.1) is 45.1 Å². The molecule has 2 aromatic rings. The fourth-order valence-corrected chi connectivity index (χ4v) is 4.02. The quantitative estimate of drug-likeness (QED) is 0.532. The van der Waals surface area contributed by atoms with Gasteiger partial charge in [0.1, 0.15) is 11.9 Å². The van der Waals surface area contributed by atoms with Crippen molar-refractivity contribution in [3.63, 3.8) is 0 Å². The molecule has 0 unspecified atom stereocenters. The second-order valence-corrected chi connectivity index (χ2v) is 7.98. The van der Waals surface area contributed by atoms with Crippen molar-refractivity contribution in [1.82, 2.24) is 4.90 Å². The molecule has 6 heteroatoms. The molecule has 6 nitrogen and oxygen atoms in total. The first-order valence-electron chi connectivity index (χ1n) is 10.7. The van der Waals surface area contributed by atoms with E-state index in [0.29, 0.717) is 26.2 Å². The second kappa shape index (κ2) is 9.98. The molecule has 4 atom stereocenters. The van der Waals surface area contributed by atoms with Gasteiger partial charge in [0, 0.05) is 6.42 Å². The van der Waals surface area contributed by atoms with E-state index in [4.69, 9.17) is 18.9 Å². The minimum Gasteiger partial charge on any atom is -0.497 e. The van der Waals surface area contributed by atoms with Crippen molar-refractivity contribution in [2.24, 2.45) is 0 Å². The third kappa shape index (κ3) is 5.27. The molecule has 0 N–H and O–H groups in total. The van der Waals surface area contributed by atoms with Gasteiger partial charge >= 0.3 is 6.09 Å². The zero-order chi connectivity index (χ0) is 21.6. The minimum absolute atomic E-state index is 0.0402. The van der Waals surface area contributed by atoms with Gasteiger partial charge in [-0.3, -0.25) is 4.90 Å². The van der Waals surface area contributed by atoms with E-state index in [9.17, 15) is 4.79 Å². The van der Waals surface area contributed by atoms with Crippen LogP contribution in [0.5, 0.6) is 5.75 Å². The highest BCUT2D eigenvalue weighted by atomic mass is 16.6. The Hall–Kier alpha value is -2.83. The fraction of sp³-hybridized carbons (Fsp3) is 0.400. The third-order valence-corrected chi connectivity index (χ3v) is 5.71. The second-order valence-electron chi connectivity index (χ2n) is 7.98. The Bertz CT molecular complexity index is 883. The fourth-order valence-electron chi connectivity index (χ4n) is 4.02. The molecule has 2 aliphatic heterocycles. The Balaban J connectivity index is 1.24. The Morgan fingerprint density at radius 2 is 1.74 bits per heavy atom. The zero-order valence-electron chi connectivity index (χ0n) is 18.0. The van der Waals surface area contributed by atoms with Crippen molar-refractivity contribution in [2.75, 3.05) is 13.7 Å². The maximum atomic E-state index is 12.5. The summed E-state index contributed by atoms with van der Waals surface area (Å²) < 4.78 is 22.7. The van der Waals surface area contributed by atoms with Crippen LogP contribution < -0.4 is 4.74 Å². The molecule has 0 saturated carbocycles. The van der Waals surface area contributed by atoms with E-state index >= 15 is 0 Å². The number of carbonyl (C=O) groups is 1. The summed E-state index contributed by atoms with van der Waals surface area (Å²) in [6, 6.07) is 17.7. The van der Waals surface area contributed by atoms with Gasteiger partial charge in [0.25, 0.3) is 0 Å². The largest absolute Gasteiger partial charge is 0.497 e. The standard InChI is InChI=1S/C25H29NO5/c1-18(30-16-20-8-11-22(28-2)12-9-20)14-24-23-13-10-21(26(23)25(27)31-24)17-29-15-19-6-4-3-5-7-19/h3-13,18,21,23-24H,14-17H2,1-2H3/t18-,21-,23-,24+/m0/s1. The molecule has 31 heavy (non-hydrogen) atoms. The molecule has 1 saturated heterocycles. The van der Waals surface area contributed by atoms with Crippen LogP contribution in [0.4, 0.5) is 4.79 Å². The van der Waals surface area contributed by atoms with Crippen LogP contribution in [0.1, 0.15) is 24.5 Å². The number of methoxy groups -OCH3 is 1. The molecule has 164 valence electrons. The van der Waals surface area contributed by atoms with Crippen LogP contribution in [-0.4, -0.2) is 49.0 Å². The van der Waals surface area contributed by atoms with Crippen molar-refractivity contribution in [3.05, 3.63) is 77.9 Å². The van der Waals surface area contributed by atoms with Gasteiger partial charge in [0.2, 0.25) is 0 Å². The van der Waals surface area contributed by atoms with Gasteiger partial charge in [-0.15, -0.1) is 0 Å². The molecule has 0 spiro atoms. The lowest BCUT2D eigenvalue weighted by molar-refractivity contribution is 0.0167. The number of carbonyl (C=O) groups excluding carboxylic acids is 1. The molecule has 2 heterocycles. The van der Waals surface area contributed by atoms with E-state index in [1.807, 2.05) is 67.6 Å². The summed E-state index contributed by atoms with van der Waals surface area (Å²) in [5, 5.41) is 0. The Labute approximate surface area is 183 Å². The van der Waals surface area contributed by atoms with Crippen molar-refractivity contribution in [3.8, 4) is 5.75 Å². The summed E-state index contributed by atoms with van der Waals surface area (Å²) in [5.74, 6) is 0.824. The van der Waals surface area contributed by atoms with Gasteiger partial charge < -0.3 is 18.9 Å². The number of fused-ring (bicyclic) bond motifs is 1. The van der Waals surface area contributed by atoms with E-state index in [1.54, 1.807) is 12.0 Å². The first-order chi connectivity index (χ1) is 15.1. The average molecular weight is 424 g/mol. The summed E-state index contributed by atoms with van der Waals surface area (Å²) in [5.41, 5.74) is 2.19. The highest BCUT2D eigenvalue weighted by Gasteiger charge is 2.46. The molecule has 0 bridgehead atoms. The van der Waals surface area contributed by atoms with E-state index < -0.39 is 0 Å². The van der Waals surface area contributed by atoms with Crippen LogP contribution in [0.3, 0.4) is 0 Å². The van der Waals surface area contributed by atoms with Crippen LogP contribution in [0.2, 0.25) is 0 Å². The van der Waals surface area contributed by atoms with E-state index in [2.05, 4.69) is 6.08 Å². The third-order valence-electron chi connectivity index (χ3n) is 5.71. The first-order valence-corrected chi connectivity index (χ1v) is 10.7. The van der Waals surface area contributed by atoms with E-state index in [0.717, 1.165) is 16.9 Å². The molecular formula is C25H29NO5. The SMILES string of the molecule is COc1ccc(CO[C@@H](C)C[C@H]2OC(=O)N3[C@H](COCc4ccccc4)C=C[C@@H]23)cc1. The molecule has 2 aliphatic rings. The van der Waals surface area contributed by atoms with Gasteiger partial charge in [-0.05, 0) is 30.2 Å². The van der Waals surface area contributed by atoms with Crippen LogP contribution in [0, 0.1) is 0 Å². The van der Waals surface area contributed by atoms with Gasteiger partial charge in [-0.25, -0.2) is 4.79 Å². The number of benzene rings is 2. The number of rotatable bonds is 10. The number of nitrogens with zero attached hydrogens (tertiary/aromatic N) is 1. The number of hydrogen-bond donors (Lipinski definition) is 0. The number of ether oxygens (including phenoxy) is 4. The average Bonchev–Trinajstić information content (AvgIpc) is 3.35. The molecule has 4 rings (SSSR count). The number of cyclic esters (lactones) is 1. The van der Waals surface area contributed by atoms with Crippen LogP contribution in [0.15, 0.2) is 66.7 Å². The summed E-state index contributed by atoms with van der Waals surface area (Å²) in [4.78, 5) is 14.3. The Morgan fingerprint density at radius 1 is 1.00 bits per heavy atom. The van der Waals surface area contributed by atoms with E-state index in [1.165, 1.54) is 0 Å². The minimum atomic E-state index is -0.282. The number of amides is 1. The highest BCUT2D eigenvalue weighted by molar-refractivity contribution is 5.73. The smallest absolute Gasteiger partial charge is 0.411 e. The Morgan fingerprint density at radius 3 is 2.48 bits per heavy atom. The van der Waals surface area contributed by atoms with Crippen molar-refractivity contribution in [2.45, 2.75) is 50.8 Å². The maximum absolute atomic E-state index is 12.5. The first kappa shape index (κ1) is 21.4. The topological polar surface area (TPSA) is 57.2 Å². The summed E-state index contributed by atoms with van der Waals surface area (Å²) in [6.07, 6.45) is 4.21. The predicted octanol–water partition coefficient (Wildman–Crippen LogP) is 4.34. The normalized spacial score (nSPS) is 23.0. The summed E-state index contributed by atoms with van der Waals surface area (Å²) in [7, 11) is 1.65. The van der Waals surface area contributed by atoms with Crippen molar-refractivity contribution >= 4 is 6.09 Å². The molecule has 2 aromatic carbocycles. The van der Waals surface area contributed by atoms with Crippen LogP contribution in [-0.2, 0) is 27.4 Å². The summed E-state index contributed by atoms with van der Waals surface area (Å²) >= 11 is 0. The lowest BCUT2D eigenvalue weighted by Gasteiger charge is -2.23. The molecule has 0 radical (unpaired) electrons. The molecule has 1 amide bonds. The van der Waals surface area contributed by atoms with E-state index in [-0.39, 0.29) is 30.4 Å².